The van der Waals surface area contributed by atoms with Gasteiger partial charge in [-0.3, -0.25) is 0 Å². The maximum Gasteiger partial charge on any atom is 0.166 e. The summed E-state index contributed by atoms with van der Waals surface area (Å²) in [5.74, 6) is -0.301. The Morgan fingerprint density at radius 2 is 1.62 bits per heavy atom. The molecule has 1 unspecified atom stereocenters. The van der Waals surface area contributed by atoms with Crippen LogP contribution in [0, 0.1) is 5.92 Å². The monoisotopic (exact) mass is 334 g/mol. The van der Waals surface area contributed by atoms with E-state index in [1.54, 1.807) is 12.2 Å². The summed E-state index contributed by atoms with van der Waals surface area (Å²) in [7, 11) is 0. The first kappa shape index (κ1) is 17.5. The fraction of sp³-hybridized carbons (Fsp3) is 0.684. The zero-order chi connectivity index (χ0) is 17.8. The van der Waals surface area contributed by atoms with E-state index in [2.05, 4.69) is 27.4 Å². The third-order valence-electron chi connectivity index (χ3n) is 5.82. The minimum absolute atomic E-state index is 0.0564. The second-order valence-corrected chi connectivity index (χ2v) is 7.93. The number of hydrogen-bond donors (Lipinski definition) is 2. The summed E-state index contributed by atoms with van der Waals surface area (Å²) in [6.45, 7) is 12.0. The highest BCUT2D eigenvalue weighted by atomic mass is 16.8. The van der Waals surface area contributed by atoms with Crippen molar-refractivity contribution in [3.05, 3.63) is 36.2 Å². The summed E-state index contributed by atoms with van der Waals surface area (Å²) in [4.78, 5) is 0. The van der Waals surface area contributed by atoms with Crippen LogP contribution in [0.5, 0.6) is 0 Å². The quantitative estimate of drug-likeness (QED) is 0.773. The van der Waals surface area contributed by atoms with E-state index in [9.17, 15) is 0 Å². The van der Waals surface area contributed by atoms with Gasteiger partial charge in [0, 0.05) is 17.3 Å². The Morgan fingerprint density at radius 1 is 1.08 bits per heavy atom. The first-order chi connectivity index (χ1) is 11.1. The van der Waals surface area contributed by atoms with Gasteiger partial charge in [-0.1, -0.05) is 13.5 Å². The average molecular weight is 334 g/mol. The van der Waals surface area contributed by atoms with Gasteiger partial charge in [-0.25, -0.2) is 0 Å². The first-order valence-electron chi connectivity index (χ1n) is 8.76. The average Bonchev–Trinajstić information content (AvgIpc) is 2.97. The van der Waals surface area contributed by atoms with Gasteiger partial charge in [-0.15, -0.1) is 0 Å². The van der Waals surface area contributed by atoms with E-state index in [0.29, 0.717) is 5.70 Å². The summed E-state index contributed by atoms with van der Waals surface area (Å²) in [5, 5.41) is 0. The minimum atomic E-state index is -0.517. The molecule has 0 spiro atoms. The molecule has 3 fully saturated rings. The third-order valence-corrected chi connectivity index (χ3v) is 5.82. The van der Waals surface area contributed by atoms with Crippen LogP contribution in [0.2, 0.25) is 0 Å². The Kier molecular flexibility index (Phi) is 4.10. The molecule has 2 bridgehead atoms. The van der Waals surface area contributed by atoms with Crippen LogP contribution >= 0.6 is 0 Å². The molecule has 0 aromatic heterocycles. The van der Waals surface area contributed by atoms with Crippen LogP contribution in [-0.2, 0) is 14.2 Å². The molecule has 3 aliphatic heterocycles. The molecule has 4 N–H and O–H groups in total. The second-order valence-electron chi connectivity index (χ2n) is 7.93. The van der Waals surface area contributed by atoms with Gasteiger partial charge >= 0.3 is 0 Å². The van der Waals surface area contributed by atoms with Crippen molar-refractivity contribution >= 4 is 0 Å². The van der Waals surface area contributed by atoms with Crippen LogP contribution in [0.4, 0.5) is 0 Å². The van der Waals surface area contributed by atoms with Gasteiger partial charge in [0.05, 0.1) is 11.2 Å². The van der Waals surface area contributed by atoms with Crippen molar-refractivity contribution in [3.8, 4) is 0 Å². The molecule has 0 saturated carbocycles. The summed E-state index contributed by atoms with van der Waals surface area (Å²) in [6, 6.07) is 0. The number of rotatable bonds is 4. The molecule has 5 nitrogen and oxygen atoms in total. The standard InChI is InChI=1S/C19H30N2O3/c1-6-13(20)8-9-14(21)12-10-17(3)15-16(18(4,11-12)24-17)23-19(5,7-2)22-15/h6,8-9,12,15-16H,1,7,10-11,20-21H2,2-5H3/b13-8+,14-9-/t12-,15-,16+,17+,18-,19?. The van der Waals surface area contributed by atoms with E-state index in [0.717, 1.165) is 25.0 Å². The molecule has 3 saturated heterocycles. The van der Waals surface area contributed by atoms with E-state index < -0.39 is 5.79 Å². The Bertz CT molecular complexity index is 573. The van der Waals surface area contributed by atoms with Gasteiger partial charge in [0.1, 0.15) is 12.2 Å². The molecule has 5 heteroatoms. The van der Waals surface area contributed by atoms with Crippen LogP contribution in [0.3, 0.4) is 0 Å². The number of hydrogen-bond acceptors (Lipinski definition) is 5. The zero-order valence-corrected chi connectivity index (χ0v) is 15.2. The SMILES string of the molecule is C=C/C(N)=C\C=C(/N)[C@H]1C[C@@]2(C)O[C@@](C)(C1)[C@@H]1OC(C)(CC)O[C@@H]12. The highest BCUT2D eigenvalue weighted by molar-refractivity contribution is 5.25. The lowest BCUT2D eigenvalue weighted by Crippen LogP contribution is -2.48. The molecular weight excluding hydrogens is 304 g/mol. The summed E-state index contributed by atoms with van der Waals surface area (Å²) in [6.07, 6.45) is 7.63. The topological polar surface area (TPSA) is 79.7 Å². The van der Waals surface area contributed by atoms with Crippen molar-refractivity contribution in [2.75, 3.05) is 0 Å². The fourth-order valence-electron chi connectivity index (χ4n) is 4.39. The van der Waals surface area contributed by atoms with Gasteiger partial charge in [0.15, 0.2) is 5.79 Å². The Labute approximate surface area is 144 Å². The molecule has 0 aromatic rings. The zero-order valence-electron chi connectivity index (χ0n) is 15.2. The number of nitrogens with two attached hydrogens (primary N) is 2. The molecule has 134 valence electrons. The van der Waals surface area contributed by atoms with Crippen molar-refractivity contribution in [1.82, 2.24) is 0 Å². The lowest BCUT2D eigenvalue weighted by Gasteiger charge is -2.43. The van der Waals surface area contributed by atoms with E-state index in [4.69, 9.17) is 25.7 Å². The molecule has 3 rings (SSSR count). The van der Waals surface area contributed by atoms with Gasteiger partial charge in [-0.2, -0.15) is 0 Å². The van der Waals surface area contributed by atoms with Crippen LogP contribution in [0.25, 0.3) is 0 Å². The van der Waals surface area contributed by atoms with Gasteiger partial charge in [0.25, 0.3) is 0 Å². The Hall–Kier alpha value is -1.30. The molecule has 0 aliphatic carbocycles. The van der Waals surface area contributed by atoms with Gasteiger partial charge < -0.3 is 25.7 Å². The van der Waals surface area contributed by atoms with Crippen molar-refractivity contribution in [2.24, 2.45) is 17.4 Å². The summed E-state index contributed by atoms with van der Waals surface area (Å²) < 4.78 is 19.0. The molecule has 0 radical (unpaired) electrons. The molecule has 24 heavy (non-hydrogen) atoms. The molecular formula is C19H30N2O3. The predicted octanol–water partition coefficient (Wildman–Crippen LogP) is 2.73. The lowest BCUT2D eigenvalue weighted by atomic mass is 9.82. The molecule has 3 heterocycles. The van der Waals surface area contributed by atoms with Crippen LogP contribution in [-0.4, -0.2) is 29.2 Å². The Morgan fingerprint density at radius 3 is 2.08 bits per heavy atom. The fourth-order valence-corrected chi connectivity index (χ4v) is 4.39. The molecule has 0 aromatic carbocycles. The van der Waals surface area contributed by atoms with E-state index >= 15 is 0 Å². The molecule has 6 atom stereocenters. The maximum atomic E-state index is 6.42. The van der Waals surface area contributed by atoms with Crippen molar-refractivity contribution in [1.29, 1.82) is 0 Å². The minimum Gasteiger partial charge on any atom is -0.402 e. The molecule has 0 amide bonds. The second kappa shape index (κ2) is 5.61. The van der Waals surface area contributed by atoms with Gasteiger partial charge in [0.2, 0.25) is 0 Å². The van der Waals surface area contributed by atoms with Crippen molar-refractivity contribution in [3.63, 3.8) is 0 Å². The third kappa shape index (κ3) is 2.68. The number of ether oxygens (including phenoxy) is 3. The van der Waals surface area contributed by atoms with E-state index in [-0.39, 0.29) is 29.3 Å². The van der Waals surface area contributed by atoms with Gasteiger partial charge in [-0.05, 0) is 58.3 Å². The number of fused-ring (bicyclic) bond motifs is 5. The van der Waals surface area contributed by atoms with Crippen LogP contribution in [0.1, 0.15) is 47.0 Å². The highest BCUT2D eigenvalue weighted by Crippen LogP contribution is 2.57. The largest absolute Gasteiger partial charge is 0.402 e. The smallest absolute Gasteiger partial charge is 0.166 e. The normalized spacial score (nSPS) is 48.4. The van der Waals surface area contributed by atoms with Crippen LogP contribution < -0.4 is 11.5 Å². The van der Waals surface area contributed by atoms with Crippen molar-refractivity contribution in [2.45, 2.75) is 76.2 Å². The summed E-state index contributed by atoms with van der Waals surface area (Å²) in [5.41, 5.74) is 12.8. The lowest BCUT2D eigenvalue weighted by molar-refractivity contribution is -0.252. The molecule has 3 aliphatic rings. The number of allylic oxidation sites excluding steroid dienone is 4. The van der Waals surface area contributed by atoms with E-state index in [1.165, 1.54) is 0 Å². The highest BCUT2D eigenvalue weighted by Gasteiger charge is 2.68. The Balaban J connectivity index is 1.85. The summed E-state index contributed by atoms with van der Waals surface area (Å²) >= 11 is 0. The van der Waals surface area contributed by atoms with Crippen LogP contribution in [0.15, 0.2) is 36.2 Å². The van der Waals surface area contributed by atoms with Crippen molar-refractivity contribution < 1.29 is 14.2 Å². The maximum absolute atomic E-state index is 6.42. The predicted molar refractivity (Wildman–Crippen MR) is 93.8 cm³/mol. The first-order valence-corrected chi connectivity index (χ1v) is 8.76. The van der Waals surface area contributed by atoms with E-state index in [1.807, 2.05) is 13.0 Å².